The van der Waals surface area contributed by atoms with Crippen LogP contribution in [0.3, 0.4) is 0 Å². The van der Waals surface area contributed by atoms with E-state index in [9.17, 15) is 23.3 Å². The van der Waals surface area contributed by atoms with Gasteiger partial charge in [0.05, 0.1) is 0 Å². The van der Waals surface area contributed by atoms with Crippen LogP contribution in [0.4, 0.5) is 19.0 Å². The van der Waals surface area contributed by atoms with E-state index in [0.29, 0.717) is 6.07 Å². The maximum atomic E-state index is 12.2. The standard InChI is InChI=1S/C7H5F3N2O2/c1-4-2-5(7(8,9)10)6(11-3-4)12(13)14/h2-3H,1H3. The highest BCUT2D eigenvalue weighted by atomic mass is 19.4. The van der Waals surface area contributed by atoms with Crippen molar-refractivity contribution in [2.75, 3.05) is 0 Å². The van der Waals surface area contributed by atoms with Crippen LogP contribution in [0, 0.1) is 17.0 Å². The SMILES string of the molecule is Cc1cnc([N+](=O)[O-])c(C(F)(F)F)c1. The predicted octanol–water partition coefficient (Wildman–Crippen LogP) is 2.32. The summed E-state index contributed by atoms with van der Waals surface area (Å²) in [5.41, 5.74) is -1.09. The molecule has 76 valence electrons. The van der Waals surface area contributed by atoms with Crippen LogP contribution < -0.4 is 0 Å². The zero-order valence-electron chi connectivity index (χ0n) is 7.00. The van der Waals surface area contributed by atoms with E-state index in [1.54, 1.807) is 0 Å². The van der Waals surface area contributed by atoms with Crippen LogP contribution >= 0.6 is 0 Å². The summed E-state index contributed by atoms with van der Waals surface area (Å²) in [7, 11) is 0. The number of aryl methyl sites for hydroxylation is 1. The second-order valence-corrected chi connectivity index (χ2v) is 2.64. The molecule has 0 aliphatic carbocycles. The topological polar surface area (TPSA) is 56.0 Å². The molecule has 0 bridgehead atoms. The van der Waals surface area contributed by atoms with Gasteiger partial charge >= 0.3 is 12.0 Å². The number of aromatic nitrogens is 1. The Hall–Kier alpha value is -1.66. The lowest BCUT2D eigenvalue weighted by molar-refractivity contribution is -0.392. The van der Waals surface area contributed by atoms with Gasteiger partial charge < -0.3 is 10.1 Å². The Morgan fingerprint density at radius 2 is 2.07 bits per heavy atom. The number of hydrogen-bond acceptors (Lipinski definition) is 3. The van der Waals surface area contributed by atoms with E-state index < -0.39 is 22.5 Å². The lowest BCUT2D eigenvalue weighted by Crippen LogP contribution is -2.10. The molecular weight excluding hydrogens is 201 g/mol. The molecule has 1 rings (SSSR count). The third-order valence-electron chi connectivity index (χ3n) is 1.48. The molecule has 0 radical (unpaired) electrons. The first-order valence-corrected chi connectivity index (χ1v) is 3.50. The van der Waals surface area contributed by atoms with Crippen molar-refractivity contribution in [2.24, 2.45) is 0 Å². The zero-order chi connectivity index (χ0) is 10.9. The van der Waals surface area contributed by atoms with Gasteiger partial charge in [-0.05, 0) is 28.5 Å². The van der Waals surface area contributed by atoms with Crippen molar-refractivity contribution in [2.45, 2.75) is 13.1 Å². The van der Waals surface area contributed by atoms with Gasteiger partial charge in [-0.3, -0.25) is 0 Å². The van der Waals surface area contributed by atoms with Gasteiger partial charge in [0.1, 0.15) is 6.20 Å². The molecule has 14 heavy (non-hydrogen) atoms. The van der Waals surface area contributed by atoms with Crippen LogP contribution in [0.1, 0.15) is 11.1 Å². The van der Waals surface area contributed by atoms with E-state index in [1.807, 2.05) is 0 Å². The lowest BCUT2D eigenvalue weighted by Gasteiger charge is -2.06. The first-order valence-electron chi connectivity index (χ1n) is 3.50. The normalized spacial score (nSPS) is 11.4. The van der Waals surface area contributed by atoms with Gasteiger partial charge in [0.25, 0.3) is 0 Å². The summed E-state index contributed by atoms with van der Waals surface area (Å²) >= 11 is 0. The summed E-state index contributed by atoms with van der Waals surface area (Å²) in [4.78, 5) is 12.2. The van der Waals surface area contributed by atoms with Gasteiger partial charge in [-0.1, -0.05) is 0 Å². The minimum Gasteiger partial charge on any atom is -0.358 e. The van der Waals surface area contributed by atoms with Gasteiger partial charge in [-0.2, -0.15) is 13.2 Å². The monoisotopic (exact) mass is 206 g/mol. The van der Waals surface area contributed by atoms with Crippen LogP contribution in [-0.2, 0) is 6.18 Å². The molecule has 0 saturated carbocycles. The van der Waals surface area contributed by atoms with E-state index in [2.05, 4.69) is 4.98 Å². The fourth-order valence-corrected chi connectivity index (χ4v) is 0.916. The Bertz CT molecular complexity index is 376. The molecule has 0 aliphatic rings. The second-order valence-electron chi connectivity index (χ2n) is 2.64. The number of alkyl halides is 3. The summed E-state index contributed by atoms with van der Waals surface area (Å²) in [5, 5.41) is 10.2. The summed E-state index contributed by atoms with van der Waals surface area (Å²) in [6.45, 7) is 1.38. The minimum absolute atomic E-state index is 0.225. The van der Waals surface area contributed by atoms with E-state index >= 15 is 0 Å². The summed E-state index contributed by atoms with van der Waals surface area (Å²) < 4.78 is 36.7. The van der Waals surface area contributed by atoms with Gasteiger partial charge in [0.2, 0.25) is 0 Å². The highest BCUT2D eigenvalue weighted by Crippen LogP contribution is 2.34. The van der Waals surface area contributed by atoms with Gasteiger partial charge in [-0.25, -0.2) is 0 Å². The maximum Gasteiger partial charge on any atom is 0.424 e. The summed E-state index contributed by atoms with van der Waals surface area (Å²) in [6, 6.07) is 0.700. The van der Waals surface area contributed by atoms with Crippen LogP contribution in [0.2, 0.25) is 0 Å². The molecule has 0 N–H and O–H groups in total. The smallest absolute Gasteiger partial charge is 0.358 e. The molecule has 0 atom stereocenters. The van der Waals surface area contributed by atoms with E-state index in [1.165, 1.54) is 6.92 Å². The number of nitrogens with zero attached hydrogens (tertiary/aromatic N) is 2. The Kier molecular flexibility index (Phi) is 2.41. The van der Waals surface area contributed by atoms with Crippen molar-refractivity contribution in [1.29, 1.82) is 0 Å². The molecule has 0 saturated heterocycles. The molecule has 0 fully saturated rings. The van der Waals surface area contributed by atoms with Crippen LogP contribution in [0.15, 0.2) is 12.3 Å². The third kappa shape index (κ3) is 1.98. The van der Waals surface area contributed by atoms with Crippen LogP contribution in [0.25, 0.3) is 0 Å². The molecule has 0 aromatic carbocycles. The fraction of sp³-hybridized carbons (Fsp3) is 0.286. The number of pyridine rings is 1. The van der Waals surface area contributed by atoms with Crippen LogP contribution in [-0.4, -0.2) is 9.91 Å². The second kappa shape index (κ2) is 3.24. The average Bonchev–Trinajstić information content (AvgIpc) is 2.01. The van der Waals surface area contributed by atoms with Crippen molar-refractivity contribution in [3.8, 4) is 0 Å². The predicted molar refractivity (Wildman–Crippen MR) is 40.6 cm³/mol. The Balaban J connectivity index is 3.38. The molecule has 0 spiro atoms. The Morgan fingerprint density at radius 1 is 1.50 bits per heavy atom. The van der Waals surface area contributed by atoms with E-state index in [0.717, 1.165) is 6.20 Å². The fourth-order valence-electron chi connectivity index (χ4n) is 0.916. The largest absolute Gasteiger partial charge is 0.424 e. The van der Waals surface area contributed by atoms with Crippen molar-refractivity contribution in [3.63, 3.8) is 0 Å². The first kappa shape index (κ1) is 10.4. The van der Waals surface area contributed by atoms with Gasteiger partial charge in [0, 0.05) is 0 Å². The Labute approximate surface area is 76.5 Å². The molecule has 1 aromatic rings. The van der Waals surface area contributed by atoms with Crippen molar-refractivity contribution in [3.05, 3.63) is 33.5 Å². The van der Waals surface area contributed by atoms with Crippen molar-refractivity contribution >= 4 is 5.82 Å². The molecule has 0 aliphatic heterocycles. The molecule has 1 aromatic heterocycles. The Morgan fingerprint density at radius 3 is 2.50 bits per heavy atom. The van der Waals surface area contributed by atoms with E-state index in [-0.39, 0.29) is 5.56 Å². The van der Waals surface area contributed by atoms with Crippen molar-refractivity contribution in [1.82, 2.24) is 4.98 Å². The molecule has 4 nitrogen and oxygen atoms in total. The summed E-state index contributed by atoms with van der Waals surface area (Å²) in [5.74, 6) is -1.16. The van der Waals surface area contributed by atoms with Crippen molar-refractivity contribution < 1.29 is 18.1 Å². The quantitative estimate of drug-likeness (QED) is 0.523. The lowest BCUT2D eigenvalue weighted by atomic mass is 10.2. The third-order valence-corrected chi connectivity index (χ3v) is 1.48. The molecule has 1 heterocycles. The summed E-state index contributed by atoms with van der Waals surface area (Å²) in [6.07, 6.45) is -3.73. The maximum absolute atomic E-state index is 12.2. The van der Waals surface area contributed by atoms with Gasteiger partial charge in [-0.15, -0.1) is 0 Å². The first-order chi connectivity index (χ1) is 6.32. The van der Waals surface area contributed by atoms with E-state index in [4.69, 9.17) is 0 Å². The molecule has 0 amide bonds. The minimum atomic E-state index is -4.75. The van der Waals surface area contributed by atoms with Gasteiger partial charge in [0.15, 0.2) is 5.56 Å². The number of nitro groups is 1. The zero-order valence-corrected chi connectivity index (χ0v) is 7.00. The number of rotatable bonds is 1. The highest BCUT2D eigenvalue weighted by molar-refractivity contribution is 5.36. The average molecular weight is 206 g/mol. The van der Waals surface area contributed by atoms with Crippen LogP contribution in [0.5, 0.6) is 0 Å². The molecular formula is C7H5F3N2O2. The molecule has 7 heteroatoms. The highest BCUT2D eigenvalue weighted by Gasteiger charge is 2.39. The molecule has 0 unspecified atom stereocenters. The number of hydrogen-bond donors (Lipinski definition) is 0. The number of halogens is 3.